The SMILES string of the molecule is Cc1ccc(NC(=O)CN2C(=O)S/C(=C/c3ccc(-c4cccc(C(=O)O)c4)o3)C2=O)cc1Cl. The Morgan fingerprint density at radius 3 is 2.68 bits per heavy atom. The first-order chi connectivity index (χ1) is 16.2. The number of benzene rings is 2. The van der Waals surface area contributed by atoms with Gasteiger partial charge in [-0.1, -0.05) is 29.8 Å². The van der Waals surface area contributed by atoms with E-state index in [0.717, 1.165) is 10.5 Å². The van der Waals surface area contributed by atoms with E-state index in [1.807, 2.05) is 6.92 Å². The van der Waals surface area contributed by atoms with Crippen molar-refractivity contribution in [1.29, 1.82) is 0 Å². The van der Waals surface area contributed by atoms with Gasteiger partial charge in [0.1, 0.15) is 18.1 Å². The fourth-order valence-corrected chi connectivity index (χ4v) is 4.17. The second-order valence-corrected chi connectivity index (χ2v) is 8.77. The molecule has 2 aromatic carbocycles. The lowest BCUT2D eigenvalue weighted by molar-refractivity contribution is -0.127. The van der Waals surface area contributed by atoms with Crippen molar-refractivity contribution in [3.05, 3.63) is 81.4 Å². The van der Waals surface area contributed by atoms with Crippen LogP contribution < -0.4 is 5.32 Å². The molecule has 1 aliphatic rings. The van der Waals surface area contributed by atoms with Crippen LogP contribution in [0.1, 0.15) is 21.7 Å². The Kier molecular flexibility index (Phi) is 6.58. The van der Waals surface area contributed by atoms with Gasteiger partial charge in [-0.2, -0.15) is 0 Å². The van der Waals surface area contributed by atoms with E-state index >= 15 is 0 Å². The van der Waals surface area contributed by atoms with Gasteiger partial charge in [0, 0.05) is 22.3 Å². The Balaban J connectivity index is 1.46. The molecule has 2 N–H and O–H groups in total. The Labute approximate surface area is 203 Å². The van der Waals surface area contributed by atoms with E-state index in [0.29, 0.717) is 39.6 Å². The summed E-state index contributed by atoms with van der Waals surface area (Å²) in [5.41, 5.74) is 1.98. The fourth-order valence-electron chi connectivity index (χ4n) is 3.17. The van der Waals surface area contributed by atoms with E-state index in [1.165, 1.54) is 18.2 Å². The number of imide groups is 1. The van der Waals surface area contributed by atoms with Crippen molar-refractivity contribution in [2.45, 2.75) is 6.92 Å². The van der Waals surface area contributed by atoms with Gasteiger partial charge in [0.15, 0.2) is 0 Å². The first-order valence-electron chi connectivity index (χ1n) is 9.96. The summed E-state index contributed by atoms with van der Waals surface area (Å²) in [6.07, 6.45) is 1.41. The lowest BCUT2D eigenvalue weighted by atomic mass is 10.1. The topological polar surface area (TPSA) is 117 Å². The molecule has 4 rings (SSSR count). The van der Waals surface area contributed by atoms with Crippen LogP contribution in [0.5, 0.6) is 0 Å². The number of amides is 3. The molecule has 0 saturated carbocycles. The van der Waals surface area contributed by atoms with Gasteiger partial charge in [0.05, 0.1) is 10.5 Å². The van der Waals surface area contributed by atoms with Crippen molar-refractivity contribution in [2.24, 2.45) is 0 Å². The Morgan fingerprint density at radius 2 is 1.94 bits per heavy atom. The largest absolute Gasteiger partial charge is 0.478 e. The highest BCUT2D eigenvalue weighted by Crippen LogP contribution is 2.33. The number of aryl methyl sites for hydroxylation is 1. The Hall–Kier alpha value is -3.82. The molecule has 34 heavy (non-hydrogen) atoms. The minimum absolute atomic E-state index is 0.108. The monoisotopic (exact) mass is 496 g/mol. The zero-order chi connectivity index (χ0) is 24.4. The zero-order valence-corrected chi connectivity index (χ0v) is 19.3. The highest BCUT2D eigenvalue weighted by molar-refractivity contribution is 8.18. The van der Waals surface area contributed by atoms with Crippen LogP contribution in [-0.2, 0) is 9.59 Å². The summed E-state index contributed by atoms with van der Waals surface area (Å²) in [5.74, 6) is -1.50. The lowest BCUT2D eigenvalue weighted by Gasteiger charge is -2.12. The molecule has 1 saturated heterocycles. The molecule has 1 fully saturated rings. The summed E-state index contributed by atoms with van der Waals surface area (Å²) in [7, 11) is 0. The van der Waals surface area contributed by atoms with E-state index in [9.17, 15) is 19.2 Å². The van der Waals surface area contributed by atoms with Gasteiger partial charge in [0.2, 0.25) is 5.91 Å². The summed E-state index contributed by atoms with van der Waals surface area (Å²) in [5, 5.41) is 11.7. The van der Waals surface area contributed by atoms with Crippen molar-refractivity contribution < 1.29 is 28.7 Å². The molecule has 0 atom stereocenters. The minimum Gasteiger partial charge on any atom is -0.478 e. The molecule has 2 heterocycles. The molecule has 1 aliphatic heterocycles. The number of carbonyl (C=O) groups is 4. The molecule has 3 aromatic rings. The van der Waals surface area contributed by atoms with Crippen LogP contribution in [0.2, 0.25) is 5.02 Å². The molecule has 0 bridgehead atoms. The summed E-state index contributed by atoms with van der Waals surface area (Å²) in [6, 6.07) is 14.5. The zero-order valence-electron chi connectivity index (χ0n) is 17.7. The van der Waals surface area contributed by atoms with Gasteiger partial charge in [0.25, 0.3) is 11.1 Å². The minimum atomic E-state index is -1.06. The maximum atomic E-state index is 12.7. The lowest BCUT2D eigenvalue weighted by Crippen LogP contribution is -2.36. The number of hydrogen-bond acceptors (Lipinski definition) is 6. The number of aromatic carboxylic acids is 1. The third kappa shape index (κ3) is 5.05. The predicted octanol–water partition coefficient (Wildman–Crippen LogP) is 5.28. The maximum absolute atomic E-state index is 12.7. The molecule has 8 nitrogen and oxygen atoms in total. The number of rotatable bonds is 6. The summed E-state index contributed by atoms with van der Waals surface area (Å²) >= 11 is 6.76. The highest BCUT2D eigenvalue weighted by Gasteiger charge is 2.36. The molecular weight excluding hydrogens is 480 g/mol. The average Bonchev–Trinajstić information content (AvgIpc) is 3.37. The second-order valence-electron chi connectivity index (χ2n) is 7.37. The van der Waals surface area contributed by atoms with Gasteiger partial charge in [-0.3, -0.25) is 19.3 Å². The summed E-state index contributed by atoms with van der Waals surface area (Å²) in [6.45, 7) is 1.38. The van der Waals surface area contributed by atoms with Gasteiger partial charge >= 0.3 is 5.97 Å². The van der Waals surface area contributed by atoms with Crippen LogP contribution in [0.3, 0.4) is 0 Å². The number of nitrogens with zero attached hydrogens (tertiary/aromatic N) is 1. The number of carbonyl (C=O) groups excluding carboxylic acids is 3. The van der Waals surface area contributed by atoms with Crippen molar-refractivity contribution in [3.63, 3.8) is 0 Å². The standard InChI is InChI=1S/C24H17ClN2O6S/c1-13-5-6-16(10-18(13)25)26-21(28)12-27-22(29)20(34-24(27)32)11-17-7-8-19(33-17)14-3-2-4-15(9-14)23(30)31/h2-11H,12H2,1H3,(H,26,28)(H,30,31)/b20-11+. The Morgan fingerprint density at radius 1 is 1.15 bits per heavy atom. The predicted molar refractivity (Wildman–Crippen MR) is 129 cm³/mol. The van der Waals surface area contributed by atoms with Crippen LogP contribution in [-0.4, -0.2) is 39.6 Å². The number of thioether (sulfide) groups is 1. The van der Waals surface area contributed by atoms with Crippen molar-refractivity contribution in [3.8, 4) is 11.3 Å². The van der Waals surface area contributed by atoms with Gasteiger partial charge in [-0.15, -0.1) is 0 Å². The fraction of sp³-hybridized carbons (Fsp3) is 0.0833. The number of carboxylic acids is 1. The van der Waals surface area contributed by atoms with Crippen LogP contribution in [0.15, 0.2) is 63.9 Å². The molecule has 1 aromatic heterocycles. The number of carboxylic acid groups (broad SMARTS) is 1. The van der Waals surface area contributed by atoms with Crippen LogP contribution in [0, 0.1) is 6.92 Å². The van der Waals surface area contributed by atoms with E-state index in [2.05, 4.69) is 5.32 Å². The maximum Gasteiger partial charge on any atom is 0.335 e. The van der Waals surface area contributed by atoms with Crippen molar-refractivity contribution in [2.75, 3.05) is 11.9 Å². The third-order valence-electron chi connectivity index (χ3n) is 4.93. The number of anilines is 1. The first kappa shape index (κ1) is 23.3. The molecule has 0 radical (unpaired) electrons. The van der Waals surface area contributed by atoms with Crippen LogP contribution in [0.25, 0.3) is 17.4 Å². The highest BCUT2D eigenvalue weighted by atomic mass is 35.5. The second kappa shape index (κ2) is 9.58. The molecule has 0 spiro atoms. The third-order valence-corrected chi connectivity index (χ3v) is 6.24. The van der Waals surface area contributed by atoms with Crippen molar-refractivity contribution in [1.82, 2.24) is 4.90 Å². The molecular formula is C24H17ClN2O6S. The number of nitrogens with one attached hydrogen (secondary N) is 1. The van der Waals surface area contributed by atoms with E-state index < -0.39 is 29.6 Å². The van der Waals surface area contributed by atoms with Gasteiger partial charge in [-0.25, -0.2) is 4.79 Å². The average molecular weight is 497 g/mol. The molecule has 0 aliphatic carbocycles. The van der Waals surface area contributed by atoms with E-state index in [4.69, 9.17) is 21.1 Å². The first-order valence-corrected chi connectivity index (χ1v) is 11.2. The number of hydrogen-bond donors (Lipinski definition) is 2. The van der Waals surface area contributed by atoms with Gasteiger partial charge < -0.3 is 14.8 Å². The molecule has 172 valence electrons. The smallest absolute Gasteiger partial charge is 0.335 e. The number of halogens is 1. The number of furan rings is 1. The quantitative estimate of drug-likeness (QED) is 0.446. The Bertz CT molecular complexity index is 1360. The van der Waals surface area contributed by atoms with Crippen LogP contribution >= 0.6 is 23.4 Å². The molecule has 0 unspecified atom stereocenters. The molecule has 3 amide bonds. The van der Waals surface area contributed by atoms with E-state index in [1.54, 1.807) is 42.5 Å². The molecule has 10 heteroatoms. The summed E-state index contributed by atoms with van der Waals surface area (Å²) < 4.78 is 5.71. The van der Waals surface area contributed by atoms with Crippen LogP contribution in [0.4, 0.5) is 10.5 Å². The van der Waals surface area contributed by atoms with E-state index in [-0.39, 0.29) is 10.5 Å². The van der Waals surface area contributed by atoms with Gasteiger partial charge in [-0.05, 0) is 60.6 Å². The summed E-state index contributed by atoms with van der Waals surface area (Å²) in [4.78, 5) is 49.5. The normalized spacial score (nSPS) is 14.6. The van der Waals surface area contributed by atoms with Crippen molar-refractivity contribution >= 4 is 58.1 Å².